The second-order valence-corrected chi connectivity index (χ2v) is 3.26. The van der Waals surface area contributed by atoms with Gasteiger partial charge in [-0.15, -0.1) is 10.2 Å². The molecule has 1 aromatic rings. The topological polar surface area (TPSA) is 88.8 Å². The molecule has 0 aromatic carbocycles. The number of thioether (sulfide) groups is 1. The van der Waals surface area contributed by atoms with Crippen LogP contribution in [-0.4, -0.2) is 21.8 Å². The van der Waals surface area contributed by atoms with Crippen LogP contribution in [0.5, 0.6) is 0 Å². The molecule has 0 aliphatic heterocycles. The van der Waals surface area contributed by atoms with Gasteiger partial charge in [-0.05, 0) is 0 Å². The first kappa shape index (κ1) is 9.05. The average Bonchev–Trinajstić information content (AvgIpc) is 2.35. The van der Waals surface area contributed by atoms with Crippen molar-refractivity contribution in [3.05, 3.63) is 5.89 Å². The van der Waals surface area contributed by atoms with Gasteiger partial charge in [0.2, 0.25) is 5.89 Å². The summed E-state index contributed by atoms with van der Waals surface area (Å²) in [6.45, 7) is 1.74. The zero-order valence-corrected chi connectivity index (χ0v) is 7.52. The molecule has 5 nitrogen and oxygen atoms in total. The number of aromatic nitrogens is 2. The number of hydrogen-bond acceptors (Lipinski definition) is 5. The van der Waals surface area contributed by atoms with Crippen LogP contribution in [0.15, 0.2) is 9.64 Å². The van der Waals surface area contributed by atoms with Crippen LogP contribution in [0.4, 0.5) is 0 Å². The molecule has 0 unspecified atom stereocenters. The Bertz CT molecular complexity index is 272. The summed E-state index contributed by atoms with van der Waals surface area (Å²) in [7, 11) is 0. The van der Waals surface area contributed by atoms with Crippen LogP contribution in [0, 0.1) is 12.3 Å². The summed E-state index contributed by atoms with van der Waals surface area (Å²) in [6.07, 6.45) is 0.548. The average molecular weight is 186 g/mol. The van der Waals surface area contributed by atoms with E-state index >= 15 is 0 Å². The van der Waals surface area contributed by atoms with Crippen LogP contribution < -0.4 is 5.73 Å². The molecule has 0 aliphatic rings. The van der Waals surface area contributed by atoms with Gasteiger partial charge in [-0.2, -0.15) is 0 Å². The second-order valence-electron chi connectivity index (χ2n) is 2.21. The molecule has 0 bridgehead atoms. The van der Waals surface area contributed by atoms with Gasteiger partial charge in [0.05, 0.1) is 5.84 Å². The Balaban J connectivity index is 2.29. The molecule has 0 radical (unpaired) electrons. The van der Waals surface area contributed by atoms with E-state index in [1.165, 1.54) is 11.8 Å². The van der Waals surface area contributed by atoms with Crippen molar-refractivity contribution in [2.45, 2.75) is 18.6 Å². The molecule has 6 heteroatoms. The zero-order valence-electron chi connectivity index (χ0n) is 6.70. The minimum absolute atomic E-state index is 0.179. The lowest BCUT2D eigenvalue weighted by Gasteiger charge is -1.93. The first-order chi connectivity index (χ1) is 5.68. The van der Waals surface area contributed by atoms with Crippen molar-refractivity contribution in [2.24, 2.45) is 5.73 Å². The Morgan fingerprint density at radius 2 is 2.42 bits per heavy atom. The number of aryl methyl sites for hydroxylation is 1. The summed E-state index contributed by atoms with van der Waals surface area (Å²) in [5.41, 5.74) is 5.17. The monoisotopic (exact) mass is 186 g/mol. The van der Waals surface area contributed by atoms with E-state index in [1.54, 1.807) is 6.92 Å². The first-order valence-electron chi connectivity index (χ1n) is 3.44. The molecule has 1 heterocycles. The van der Waals surface area contributed by atoms with Crippen LogP contribution in [0.2, 0.25) is 0 Å². The Morgan fingerprint density at radius 1 is 1.67 bits per heavy atom. The third kappa shape index (κ3) is 2.91. The predicted molar refractivity (Wildman–Crippen MR) is 46.3 cm³/mol. The third-order valence-corrected chi connectivity index (χ3v) is 1.92. The van der Waals surface area contributed by atoms with Crippen LogP contribution >= 0.6 is 11.8 Å². The summed E-state index contributed by atoms with van der Waals surface area (Å²) >= 11 is 1.41. The molecule has 0 aliphatic carbocycles. The van der Waals surface area contributed by atoms with Crippen LogP contribution in [0.1, 0.15) is 12.3 Å². The van der Waals surface area contributed by atoms with Crippen molar-refractivity contribution in [1.82, 2.24) is 10.2 Å². The first-order valence-corrected chi connectivity index (χ1v) is 4.43. The summed E-state index contributed by atoms with van der Waals surface area (Å²) in [4.78, 5) is 0. The van der Waals surface area contributed by atoms with E-state index in [2.05, 4.69) is 10.2 Å². The lowest BCUT2D eigenvalue weighted by atomic mass is 10.5. The van der Waals surface area contributed by atoms with E-state index < -0.39 is 0 Å². The Hall–Kier alpha value is -1.04. The molecule has 1 rings (SSSR count). The normalized spacial score (nSPS) is 10.1. The number of nitrogens with zero attached hydrogens (tertiary/aromatic N) is 2. The number of hydrogen-bond donors (Lipinski definition) is 2. The highest BCUT2D eigenvalue weighted by molar-refractivity contribution is 7.99. The van der Waals surface area contributed by atoms with Gasteiger partial charge >= 0.3 is 0 Å². The summed E-state index contributed by atoms with van der Waals surface area (Å²) < 4.78 is 5.09. The van der Waals surface area contributed by atoms with Crippen LogP contribution in [-0.2, 0) is 0 Å². The van der Waals surface area contributed by atoms with Gasteiger partial charge in [0.1, 0.15) is 0 Å². The smallest absolute Gasteiger partial charge is 0.276 e. The Labute approximate surface area is 74.2 Å². The maximum Gasteiger partial charge on any atom is 0.276 e. The summed E-state index contributed by atoms with van der Waals surface area (Å²) in [5.74, 6) is 1.44. The quantitative estimate of drug-likeness (QED) is 0.412. The van der Waals surface area contributed by atoms with Gasteiger partial charge in [-0.3, -0.25) is 5.41 Å². The molecule has 1 aromatic heterocycles. The number of amidine groups is 1. The zero-order chi connectivity index (χ0) is 8.97. The maximum absolute atomic E-state index is 6.96. The van der Waals surface area contributed by atoms with Crippen molar-refractivity contribution in [2.75, 3.05) is 5.75 Å². The van der Waals surface area contributed by atoms with E-state index in [1.807, 2.05) is 0 Å². The number of nitrogens with one attached hydrogen (secondary N) is 1. The van der Waals surface area contributed by atoms with Gasteiger partial charge in [0.25, 0.3) is 5.22 Å². The molecule has 0 saturated carbocycles. The highest BCUT2D eigenvalue weighted by Gasteiger charge is 2.02. The molecule has 0 fully saturated rings. The van der Waals surface area contributed by atoms with E-state index in [9.17, 15) is 0 Å². The Kier molecular flexibility index (Phi) is 3.09. The minimum atomic E-state index is 0.179. The SMILES string of the molecule is Cc1nnc(SCCC(=N)N)o1. The molecular weight excluding hydrogens is 176 g/mol. The van der Waals surface area contributed by atoms with E-state index in [-0.39, 0.29) is 5.84 Å². The van der Waals surface area contributed by atoms with Crippen LogP contribution in [0.3, 0.4) is 0 Å². The molecule has 0 amide bonds. The molecule has 3 N–H and O–H groups in total. The maximum atomic E-state index is 6.96. The third-order valence-electron chi connectivity index (χ3n) is 1.10. The van der Waals surface area contributed by atoms with E-state index in [0.717, 1.165) is 0 Å². The van der Waals surface area contributed by atoms with Crippen LogP contribution in [0.25, 0.3) is 0 Å². The van der Waals surface area contributed by atoms with E-state index in [4.69, 9.17) is 15.6 Å². The van der Waals surface area contributed by atoms with E-state index in [0.29, 0.717) is 23.3 Å². The van der Waals surface area contributed by atoms with Crippen molar-refractivity contribution in [3.8, 4) is 0 Å². The fraction of sp³-hybridized carbons (Fsp3) is 0.500. The molecule has 0 atom stereocenters. The summed E-state index contributed by atoms with van der Waals surface area (Å²) in [6, 6.07) is 0. The standard InChI is InChI=1S/C6H10N4OS/c1-4-9-10-6(11-4)12-3-2-5(7)8/h2-3H2,1H3,(H3,7,8). The number of nitrogens with two attached hydrogens (primary N) is 1. The lowest BCUT2D eigenvalue weighted by Crippen LogP contribution is -2.09. The van der Waals surface area contributed by atoms with Crippen molar-refractivity contribution >= 4 is 17.6 Å². The highest BCUT2D eigenvalue weighted by atomic mass is 32.2. The molecule has 66 valence electrons. The molecule has 0 spiro atoms. The number of rotatable bonds is 4. The minimum Gasteiger partial charge on any atom is -0.416 e. The highest BCUT2D eigenvalue weighted by Crippen LogP contribution is 2.15. The summed E-state index contributed by atoms with van der Waals surface area (Å²) in [5, 5.41) is 14.9. The van der Waals surface area contributed by atoms with Crippen molar-refractivity contribution in [3.63, 3.8) is 0 Å². The van der Waals surface area contributed by atoms with Gasteiger partial charge in [0.15, 0.2) is 0 Å². The van der Waals surface area contributed by atoms with Gasteiger partial charge in [-0.25, -0.2) is 0 Å². The largest absolute Gasteiger partial charge is 0.416 e. The molecule has 12 heavy (non-hydrogen) atoms. The van der Waals surface area contributed by atoms with Gasteiger partial charge in [-0.1, -0.05) is 11.8 Å². The predicted octanol–water partition coefficient (Wildman–Crippen LogP) is 0.796. The molecular formula is C6H10N4OS. The molecule has 0 saturated heterocycles. The fourth-order valence-electron chi connectivity index (χ4n) is 0.585. The second kappa shape index (κ2) is 4.10. The lowest BCUT2D eigenvalue weighted by molar-refractivity contribution is 0.429. The van der Waals surface area contributed by atoms with Gasteiger partial charge < -0.3 is 10.2 Å². The van der Waals surface area contributed by atoms with Crippen molar-refractivity contribution < 1.29 is 4.42 Å². The van der Waals surface area contributed by atoms with Crippen molar-refractivity contribution in [1.29, 1.82) is 5.41 Å². The fourth-order valence-corrected chi connectivity index (χ4v) is 1.36. The van der Waals surface area contributed by atoms with Gasteiger partial charge in [0, 0.05) is 19.1 Å². The Morgan fingerprint density at radius 3 is 2.92 bits per heavy atom.